The topological polar surface area (TPSA) is 64.2 Å². The SMILES string of the molecule is Cc1nc(-c2cc(Br)c3c(c2)OCO3)[nH]c(=O)c1I. The molecule has 0 amide bonds. The maximum absolute atomic E-state index is 11.8. The highest BCUT2D eigenvalue weighted by molar-refractivity contribution is 14.1. The Morgan fingerprint density at radius 2 is 2.21 bits per heavy atom. The van der Waals surface area contributed by atoms with Gasteiger partial charge in [0.1, 0.15) is 5.82 Å². The van der Waals surface area contributed by atoms with Crippen LogP contribution in [0.15, 0.2) is 21.4 Å². The van der Waals surface area contributed by atoms with Gasteiger partial charge in [0.2, 0.25) is 6.79 Å². The third-order valence-corrected chi connectivity index (χ3v) is 4.59. The summed E-state index contributed by atoms with van der Waals surface area (Å²) in [5, 5.41) is 0. The number of rotatable bonds is 1. The van der Waals surface area contributed by atoms with Gasteiger partial charge in [-0.15, -0.1) is 0 Å². The minimum absolute atomic E-state index is 0.142. The van der Waals surface area contributed by atoms with Crippen molar-refractivity contribution < 1.29 is 9.47 Å². The fourth-order valence-corrected chi connectivity index (χ4v) is 2.62. The predicted octanol–water partition coefficient (Wildman–Crippen LogP) is 2.84. The van der Waals surface area contributed by atoms with Gasteiger partial charge < -0.3 is 14.5 Å². The lowest BCUT2D eigenvalue weighted by atomic mass is 10.2. The maximum atomic E-state index is 11.8. The van der Waals surface area contributed by atoms with Crippen LogP contribution in [-0.2, 0) is 0 Å². The first-order valence-corrected chi connectivity index (χ1v) is 7.29. The van der Waals surface area contributed by atoms with Gasteiger partial charge in [0.05, 0.1) is 13.7 Å². The minimum atomic E-state index is -0.142. The van der Waals surface area contributed by atoms with Crippen LogP contribution in [0.4, 0.5) is 0 Å². The first-order chi connectivity index (χ1) is 9.06. The second-order valence-corrected chi connectivity index (χ2v) is 5.94. The zero-order valence-corrected chi connectivity index (χ0v) is 13.5. The van der Waals surface area contributed by atoms with Gasteiger partial charge >= 0.3 is 0 Å². The van der Waals surface area contributed by atoms with Crippen LogP contribution < -0.4 is 15.0 Å². The molecule has 0 saturated carbocycles. The minimum Gasteiger partial charge on any atom is -0.454 e. The molecule has 0 spiro atoms. The van der Waals surface area contributed by atoms with E-state index in [9.17, 15) is 4.79 Å². The molecule has 0 saturated heterocycles. The highest BCUT2D eigenvalue weighted by atomic mass is 127. The quantitative estimate of drug-likeness (QED) is 0.701. The molecular formula is C12H8BrIN2O3. The van der Waals surface area contributed by atoms with Crippen molar-refractivity contribution >= 4 is 38.5 Å². The van der Waals surface area contributed by atoms with Gasteiger partial charge in [0.15, 0.2) is 11.5 Å². The summed E-state index contributed by atoms with van der Waals surface area (Å²) in [6, 6.07) is 3.65. The third-order valence-electron chi connectivity index (χ3n) is 2.73. The summed E-state index contributed by atoms with van der Waals surface area (Å²) >= 11 is 5.40. The monoisotopic (exact) mass is 434 g/mol. The van der Waals surface area contributed by atoms with Crippen LogP contribution in [0.2, 0.25) is 0 Å². The second kappa shape index (κ2) is 4.78. The fourth-order valence-electron chi connectivity index (χ4n) is 1.81. The standard InChI is InChI=1S/C12H8BrIN2O3/c1-5-9(14)12(17)16-11(15-5)6-2-7(13)10-8(3-6)18-4-19-10/h2-3H,4H2,1H3,(H,15,16,17). The largest absolute Gasteiger partial charge is 0.454 e. The number of H-pyrrole nitrogens is 1. The van der Waals surface area contributed by atoms with E-state index in [0.717, 1.165) is 10.0 Å². The van der Waals surface area contributed by atoms with Crippen molar-refractivity contribution in [3.63, 3.8) is 0 Å². The Labute approximate surface area is 130 Å². The van der Waals surface area contributed by atoms with E-state index in [4.69, 9.17) is 9.47 Å². The summed E-state index contributed by atoms with van der Waals surface area (Å²) in [6.07, 6.45) is 0. The van der Waals surface area contributed by atoms with E-state index in [1.807, 2.05) is 35.6 Å². The molecule has 0 aliphatic carbocycles. The van der Waals surface area contributed by atoms with Crippen molar-refractivity contribution in [1.29, 1.82) is 0 Å². The van der Waals surface area contributed by atoms with Crippen molar-refractivity contribution in [3.8, 4) is 22.9 Å². The lowest BCUT2D eigenvalue weighted by molar-refractivity contribution is 0.173. The lowest BCUT2D eigenvalue weighted by Crippen LogP contribution is -2.14. The van der Waals surface area contributed by atoms with Crippen molar-refractivity contribution in [3.05, 3.63) is 36.2 Å². The Morgan fingerprint density at radius 3 is 2.95 bits per heavy atom. The molecule has 0 fully saturated rings. The van der Waals surface area contributed by atoms with Crippen molar-refractivity contribution in [1.82, 2.24) is 9.97 Å². The summed E-state index contributed by atoms with van der Waals surface area (Å²) in [6.45, 7) is 2.01. The number of nitrogens with zero attached hydrogens (tertiary/aromatic N) is 1. The molecular weight excluding hydrogens is 427 g/mol. The zero-order chi connectivity index (χ0) is 13.6. The van der Waals surface area contributed by atoms with Crippen molar-refractivity contribution in [2.75, 3.05) is 6.79 Å². The Morgan fingerprint density at radius 1 is 1.42 bits per heavy atom. The predicted molar refractivity (Wildman–Crippen MR) is 81.6 cm³/mol. The Balaban J connectivity index is 2.18. The van der Waals surface area contributed by atoms with E-state index in [1.54, 1.807) is 6.07 Å². The molecule has 2 aromatic rings. The number of aromatic nitrogens is 2. The fraction of sp³-hybridized carbons (Fsp3) is 0.167. The van der Waals surface area contributed by atoms with Gasteiger partial charge in [-0.1, -0.05) is 0 Å². The Kier molecular flexibility index (Phi) is 3.25. The molecule has 2 heterocycles. The molecule has 5 nitrogen and oxygen atoms in total. The molecule has 0 bridgehead atoms. The molecule has 7 heteroatoms. The summed E-state index contributed by atoms with van der Waals surface area (Å²) in [7, 11) is 0. The Hall–Kier alpha value is -1.09. The van der Waals surface area contributed by atoms with E-state index in [2.05, 4.69) is 25.9 Å². The van der Waals surface area contributed by atoms with E-state index in [1.165, 1.54) is 0 Å². The summed E-state index contributed by atoms with van der Waals surface area (Å²) < 4.78 is 12.0. The van der Waals surface area contributed by atoms with Gasteiger partial charge in [0, 0.05) is 5.56 Å². The molecule has 98 valence electrons. The smallest absolute Gasteiger partial charge is 0.264 e. The van der Waals surface area contributed by atoms with Gasteiger partial charge in [-0.25, -0.2) is 4.98 Å². The number of nitrogens with one attached hydrogen (secondary N) is 1. The molecule has 19 heavy (non-hydrogen) atoms. The van der Waals surface area contributed by atoms with Gasteiger partial charge in [-0.05, 0) is 57.6 Å². The first kappa shape index (κ1) is 12.9. The van der Waals surface area contributed by atoms with Gasteiger partial charge in [0.25, 0.3) is 5.56 Å². The zero-order valence-electron chi connectivity index (χ0n) is 9.79. The average Bonchev–Trinajstić information content (AvgIpc) is 2.84. The van der Waals surface area contributed by atoms with E-state index in [0.29, 0.717) is 26.6 Å². The van der Waals surface area contributed by atoms with Crippen molar-refractivity contribution in [2.45, 2.75) is 6.92 Å². The van der Waals surface area contributed by atoms with Crippen LogP contribution >= 0.6 is 38.5 Å². The number of ether oxygens (including phenoxy) is 2. The number of hydrogen-bond donors (Lipinski definition) is 1. The molecule has 1 aliphatic rings. The molecule has 0 radical (unpaired) electrons. The summed E-state index contributed by atoms with van der Waals surface area (Å²) in [5.74, 6) is 1.83. The van der Waals surface area contributed by atoms with E-state index >= 15 is 0 Å². The van der Waals surface area contributed by atoms with E-state index < -0.39 is 0 Å². The molecule has 0 unspecified atom stereocenters. The number of hydrogen-bond acceptors (Lipinski definition) is 4. The van der Waals surface area contributed by atoms with Gasteiger partial charge in [-0.3, -0.25) is 4.79 Å². The van der Waals surface area contributed by atoms with Crippen LogP contribution in [0.5, 0.6) is 11.5 Å². The first-order valence-electron chi connectivity index (χ1n) is 5.42. The summed E-state index contributed by atoms with van der Waals surface area (Å²) in [5.41, 5.74) is 1.33. The van der Waals surface area contributed by atoms with Crippen LogP contribution in [-0.4, -0.2) is 16.8 Å². The highest BCUT2D eigenvalue weighted by Crippen LogP contribution is 2.41. The molecule has 1 aromatic carbocycles. The molecule has 1 aliphatic heterocycles. The van der Waals surface area contributed by atoms with Crippen LogP contribution in [0.1, 0.15) is 5.69 Å². The number of halogens is 2. The van der Waals surface area contributed by atoms with Crippen LogP contribution in [0, 0.1) is 10.5 Å². The summed E-state index contributed by atoms with van der Waals surface area (Å²) in [4.78, 5) is 18.9. The number of aryl methyl sites for hydroxylation is 1. The van der Waals surface area contributed by atoms with Crippen LogP contribution in [0.25, 0.3) is 11.4 Å². The third kappa shape index (κ3) is 2.25. The molecule has 0 atom stereocenters. The lowest BCUT2D eigenvalue weighted by Gasteiger charge is -2.06. The molecule has 1 aromatic heterocycles. The second-order valence-electron chi connectivity index (χ2n) is 4.01. The highest BCUT2D eigenvalue weighted by Gasteiger charge is 2.19. The van der Waals surface area contributed by atoms with Crippen molar-refractivity contribution in [2.24, 2.45) is 0 Å². The maximum Gasteiger partial charge on any atom is 0.264 e. The number of aromatic amines is 1. The van der Waals surface area contributed by atoms with Crippen LogP contribution in [0.3, 0.4) is 0 Å². The molecule has 1 N–H and O–H groups in total. The van der Waals surface area contributed by atoms with E-state index in [-0.39, 0.29) is 12.4 Å². The number of benzene rings is 1. The normalized spacial score (nSPS) is 12.8. The molecule has 3 rings (SSSR count). The van der Waals surface area contributed by atoms with Gasteiger partial charge in [-0.2, -0.15) is 0 Å². The Bertz CT molecular complexity index is 730. The number of fused-ring (bicyclic) bond motifs is 1. The average molecular weight is 435 g/mol.